The van der Waals surface area contributed by atoms with Gasteiger partial charge in [-0.05, 0) is 14.1 Å². The molecular formula is C5H11NO2. The van der Waals surface area contributed by atoms with Gasteiger partial charge in [-0.2, -0.15) is 0 Å². The maximum absolute atomic E-state index is 10.3. The summed E-state index contributed by atoms with van der Waals surface area (Å²) in [6, 6.07) is 0. The van der Waals surface area contributed by atoms with Crippen LogP contribution in [0.1, 0.15) is 0 Å². The van der Waals surface area contributed by atoms with E-state index in [1.807, 2.05) is 0 Å². The van der Waals surface area contributed by atoms with Gasteiger partial charge >= 0.3 is 0 Å². The highest BCUT2D eigenvalue weighted by Gasteiger charge is 1.98. The molecule has 0 heterocycles. The monoisotopic (exact) mass is 117 g/mol. The van der Waals surface area contributed by atoms with E-state index in [-0.39, 0.29) is 12.4 Å². The summed E-state index contributed by atoms with van der Waals surface area (Å²) in [5, 5.41) is 8.21. The largest absolute Gasteiger partial charge is 0.389 e. The molecule has 0 aliphatic heterocycles. The van der Waals surface area contributed by atoms with Gasteiger partial charge in [-0.25, -0.2) is 0 Å². The van der Waals surface area contributed by atoms with E-state index in [0.29, 0.717) is 6.54 Å². The minimum absolute atomic E-state index is 0.144. The molecule has 0 saturated heterocycles. The third kappa shape index (κ3) is 3.77. The fourth-order valence-electron chi connectivity index (χ4n) is 0.403. The molecule has 0 spiro atoms. The van der Waals surface area contributed by atoms with E-state index in [2.05, 4.69) is 0 Å². The summed E-state index contributed by atoms with van der Waals surface area (Å²) < 4.78 is 0. The van der Waals surface area contributed by atoms with Gasteiger partial charge in [0, 0.05) is 0 Å². The normalized spacial score (nSPS) is 10.0. The molecular weight excluding hydrogens is 106 g/mol. The molecule has 0 atom stereocenters. The van der Waals surface area contributed by atoms with Gasteiger partial charge in [0.1, 0.15) is 6.61 Å². The van der Waals surface area contributed by atoms with Gasteiger partial charge in [-0.3, -0.25) is 4.79 Å². The van der Waals surface area contributed by atoms with Crippen LogP contribution in [0, 0.1) is 0 Å². The average molecular weight is 117 g/mol. The molecule has 48 valence electrons. The van der Waals surface area contributed by atoms with Gasteiger partial charge in [0.05, 0.1) is 6.54 Å². The van der Waals surface area contributed by atoms with Crippen LogP contribution in [0.4, 0.5) is 0 Å². The molecule has 3 nitrogen and oxygen atoms in total. The molecule has 0 amide bonds. The Morgan fingerprint density at radius 3 is 2.25 bits per heavy atom. The first-order valence-corrected chi connectivity index (χ1v) is 2.44. The van der Waals surface area contributed by atoms with Gasteiger partial charge in [0.15, 0.2) is 5.78 Å². The molecule has 0 aliphatic rings. The topological polar surface area (TPSA) is 40.5 Å². The van der Waals surface area contributed by atoms with Crippen molar-refractivity contribution in [1.82, 2.24) is 4.90 Å². The van der Waals surface area contributed by atoms with Crippen LogP contribution in [-0.2, 0) is 4.79 Å². The zero-order valence-electron chi connectivity index (χ0n) is 5.22. The molecule has 0 unspecified atom stereocenters. The Hall–Kier alpha value is -0.410. The van der Waals surface area contributed by atoms with Crippen LogP contribution >= 0.6 is 0 Å². The van der Waals surface area contributed by atoms with Crippen molar-refractivity contribution in [1.29, 1.82) is 0 Å². The summed E-state index contributed by atoms with van der Waals surface area (Å²) in [4.78, 5) is 12.1. The van der Waals surface area contributed by atoms with Gasteiger partial charge < -0.3 is 10.0 Å². The van der Waals surface area contributed by atoms with Crippen LogP contribution in [0.5, 0.6) is 0 Å². The van der Waals surface area contributed by atoms with Crippen LogP contribution in [0.3, 0.4) is 0 Å². The van der Waals surface area contributed by atoms with Crippen molar-refractivity contribution in [3.05, 3.63) is 0 Å². The molecule has 0 bridgehead atoms. The molecule has 3 heteroatoms. The van der Waals surface area contributed by atoms with Crippen molar-refractivity contribution in [3.63, 3.8) is 0 Å². The molecule has 0 radical (unpaired) electrons. The predicted molar refractivity (Wildman–Crippen MR) is 30.6 cm³/mol. The lowest BCUT2D eigenvalue weighted by atomic mass is 10.4. The summed E-state index contributed by atoms with van der Waals surface area (Å²) in [5.74, 6) is -0.144. The molecule has 0 aromatic carbocycles. The highest BCUT2D eigenvalue weighted by molar-refractivity contribution is 5.81. The van der Waals surface area contributed by atoms with Gasteiger partial charge in [0.25, 0.3) is 0 Å². The summed E-state index contributed by atoms with van der Waals surface area (Å²) in [7, 11) is 3.57. The Kier molecular flexibility index (Phi) is 3.39. The van der Waals surface area contributed by atoms with Crippen LogP contribution in [0.2, 0.25) is 0 Å². The van der Waals surface area contributed by atoms with Crippen molar-refractivity contribution in [2.24, 2.45) is 0 Å². The first-order chi connectivity index (χ1) is 3.66. The van der Waals surface area contributed by atoms with Crippen molar-refractivity contribution >= 4 is 5.78 Å². The first kappa shape index (κ1) is 7.59. The van der Waals surface area contributed by atoms with Crippen LogP contribution in [0.25, 0.3) is 0 Å². The molecule has 1 N–H and O–H groups in total. The van der Waals surface area contributed by atoms with E-state index >= 15 is 0 Å². The molecule has 0 saturated carbocycles. The van der Waals surface area contributed by atoms with Crippen molar-refractivity contribution in [2.75, 3.05) is 27.2 Å². The lowest BCUT2D eigenvalue weighted by Crippen LogP contribution is -2.23. The van der Waals surface area contributed by atoms with Gasteiger partial charge in [-0.15, -0.1) is 0 Å². The first-order valence-electron chi connectivity index (χ1n) is 2.44. The Morgan fingerprint density at radius 1 is 1.62 bits per heavy atom. The second kappa shape index (κ2) is 3.57. The minimum Gasteiger partial charge on any atom is -0.389 e. The minimum atomic E-state index is -0.349. The summed E-state index contributed by atoms with van der Waals surface area (Å²) in [6.45, 7) is -0.0192. The van der Waals surface area contributed by atoms with E-state index < -0.39 is 0 Å². The number of hydrogen-bond acceptors (Lipinski definition) is 3. The van der Waals surface area contributed by atoms with Gasteiger partial charge in [-0.1, -0.05) is 0 Å². The van der Waals surface area contributed by atoms with Crippen molar-refractivity contribution < 1.29 is 9.90 Å². The van der Waals surface area contributed by atoms with Crippen LogP contribution < -0.4 is 0 Å². The number of ketones is 1. The number of nitrogens with zero attached hydrogens (tertiary/aromatic N) is 1. The number of aliphatic hydroxyl groups is 1. The number of Topliss-reactive ketones (excluding diaryl/α,β-unsaturated/α-hetero) is 1. The number of rotatable bonds is 3. The smallest absolute Gasteiger partial charge is 0.172 e. The molecule has 0 aromatic rings. The summed E-state index contributed by atoms with van der Waals surface area (Å²) in [5.41, 5.74) is 0. The molecule has 0 aromatic heterocycles. The average Bonchev–Trinajstić information content (AvgIpc) is 1.65. The quantitative estimate of drug-likeness (QED) is 0.521. The van der Waals surface area contributed by atoms with Crippen molar-refractivity contribution in [3.8, 4) is 0 Å². The van der Waals surface area contributed by atoms with Crippen LogP contribution in [0.15, 0.2) is 0 Å². The number of carbonyl (C=O) groups excluding carboxylic acids is 1. The van der Waals surface area contributed by atoms with E-state index in [1.165, 1.54) is 0 Å². The molecule has 0 fully saturated rings. The third-order valence-electron chi connectivity index (χ3n) is 0.669. The number of hydrogen-bond donors (Lipinski definition) is 1. The van der Waals surface area contributed by atoms with E-state index in [0.717, 1.165) is 0 Å². The van der Waals surface area contributed by atoms with E-state index in [4.69, 9.17) is 5.11 Å². The number of likely N-dealkylation sites (N-methyl/N-ethyl adjacent to an activating group) is 1. The van der Waals surface area contributed by atoms with E-state index in [9.17, 15) is 4.79 Å². The Labute approximate surface area is 48.9 Å². The lowest BCUT2D eigenvalue weighted by molar-refractivity contribution is -0.122. The molecule has 8 heavy (non-hydrogen) atoms. The lowest BCUT2D eigenvalue weighted by Gasteiger charge is -2.04. The summed E-state index contributed by atoms with van der Waals surface area (Å²) >= 11 is 0. The third-order valence-corrected chi connectivity index (χ3v) is 0.669. The number of aliphatic hydroxyl groups excluding tert-OH is 1. The maximum atomic E-state index is 10.3. The predicted octanol–water partition coefficient (Wildman–Crippen LogP) is -0.891. The highest BCUT2D eigenvalue weighted by Crippen LogP contribution is 1.74. The second-order valence-corrected chi connectivity index (χ2v) is 1.93. The Balaban J connectivity index is 3.25. The molecule has 0 aliphatic carbocycles. The van der Waals surface area contributed by atoms with Gasteiger partial charge in [0.2, 0.25) is 0 Å². The number of carbonyl (C=O) groups is 1. The fourth-order valence-corrected chi connectivity index (χ4v) is 0.403. The zero-order chi connectivity index (χ0) is 6.57. The second-order valence-electron chi connectivity index (χ2n) is 1.93. The Bertz CT molecular complexity index is 80.5. The van der Waals surface area contributed by atoms with Crippen LogP contribution in [-0.4, -0.2) is 43.0 Å². The highest BCUT2D eigenvalue weighted by atomic mass is 16.3. The molecule has 0 rings (SSSR count). The van der Waals surface area contributed by atoms with E-state index in [1.54, 1.807) is 19.0 Å². The summed E-state index contributed by atoms with van der Waals surface area (Å²) in [6.07, 6.45) is 0. The Morgan fingerprint density at radius 2 is 2.12 bits per heavy atom. The fraction of sp³-hybridized carbons (Fsp3) is 0.800. The standard InChI is InChI=1S/C5H11NO2/c1-6(2)3-5(8)4-7/h7H,3-4H2,1-2H3. The maximum Gasteiger partial charge on any atom is 0.172 e. The SMILES string of the molecule is CN(C)CC(=O)CO. The van der Waals surface area contributed by atoms with Crippen molar-refractivity contribution in [2.45, 2.75) is 0 Å². The zero-order valence-corrected chi connectivity index (χ0v) is 5.22.